The number of hydrogen-bond donors (Lipinski definition) is 1. The van der Waals surface area contributed by atoms with Crippen LogP contribution in [0, 0.1) is 0 Å². The minimum absolute atomic E-state index is 0.471. The first-order valence-corrected chi connectivity index (χ1v) is 7.24. The third-order valence-corrected chi connectivity index (χ3v) is 3.59. The van der Waals surface area contributed by atoms with Crippen LogP contribution in [0.2, 0.25) is 0 Å². The van der Waals surface area contributed by atoms with Gasteiger partial charge in [-0.2, -0.15) is 4.98 Å². The van der Waals surface area contributed by atoms with E-state index in [0.717, 1.165) is 18.8 Å². The molecule has 2 rings (SSSR count). The summed E-state index contributed by atoms with van der Waals surface area (Å²) in [5.41, 5.74) is 6.75. The predicted molar refractivity (Wildman–Crippen MR) is 77.5 cm³/mol. The molecule has 1 fully saturated rings. The van der Waals surface area contributed by atoms with Gasteiger partial charge in [-0.3, -0.25) is 0 Å². The van der Waals surface area contributed by atoms with Gasteiger partial charge in [0.15, 0.2) is 5.82 Å². The van der Waals surface area contributed by atoms with E-state index in [4.69, 9.17) is 10.5 Å². The van der Waals surface area contributed by atoms with Crippen molar-refractivity contribution in [1.29, 1.82) is 0 Å². The highest BCUT2D eigenvalue weighted by Crippen LogP contribution is 2.31. The number of nitrogens with two attached hydrogens (primary N) is 1. The van der Waals surface area contributed by atoms with Crippen molar-refractivity contribution in [1.82, 2.24) is 9.97 Å². The fourth-order valence-corrected chi connectivity index (χ4v) is 2.50. The van der Waals surface area contributed by atoms with Gasteiger partial charge in [-0.1, -0.05) is 19.8 Å². The van der Waals surface area contributed by atoms with E-state index < -0.39 is 0 Å². The van der Waals surface area contributed by atoms with Gasteiger partial charge < -0.3 is 15.4 Å². The Morgan fingerprint density at radius 2 is 2.21 bits per heavy atom. The summed E-state index contributed by atoms with van der Waals surface area (Å²) in [4.78, 5) is 10.8. The molecule has 106 valence electrons. The van der Waals surface area contributed by atoms with Crippen molar-refractivity contribution in [3.8, 4) is 5.88 Å². The van der Waals surface area contributed by atoms with Crippen molar-refractivity contribution >= 4 is 11.5 Å². The molecule has 2 N–H and O–H groups in total. The Balaban J connectivity index is 2.22. The van der Waals surface area contributed by atoms with Gasteiger partial charge in [0, 0.05) is 12.6 Å². The molecule has 1 aliphatic heterocycles. The third kappa shape index (κ3) is 3.28. The number of hydrogen-bond acceptors (Lipinski definition) is 5. The molecule has 0 amide bonds. The zero-order valence-electron chi connectivity index (χ0n) is 11.9. The van der Waals surface area contributed by atoms with E-state index in [9.17, 15) is 0 Å². The second kappa shape index (κ2) is 6.59. The minimum atomic E-state index is 0.471. The van der Waals surface area contributed by atoms with Gasteiger partial charge in [0.05, 0.1) is 6.61 Å². The van der Waals surface area contributed by atoms with Crippen LogP contribution in [0.3, 0.4) is 0 Å². The van der Waals surface area contributed by atoms with Gasteiger partial charge in [0.25, 0.3) is 0 Å². The van der Waals surface area contributed by atoms with Crippen LogP contribution in [-0.4, -0.2) is 29.2 Å². The molecule has 0 spiro atoms. The van der Waals surface area contributed by atoms with E-state index in [1.165, 1.54) is 25.7 Å². The summed E-state index contributed by atoms with van der Waals surface area (Å²) >= 11 is 0. The molecule has 1 unspecified atom stereocenters. The summed E-state index contributed by atoms with van der Waals surface area (Å²) in [6.45, 7) is 5.94. The van der Waals surface area contributed by atoms with E-state index in [-0.39, 0.29) is 0 Å². The fourth-order valence-electron chi connectivity index (χ4n) is 2.50. The Morgan fingerprint density at radius 3 is 3.00 bits per heavy atom. The van der Waals surface area contributed by atoms with Crippen molar-refractivity contribution in [3.63, 3.8) is 0 Å². The maximum atomic E-state index is 6.18. The van der Waals surface area contributed by atoms with Crippen LogP contribution >= 0.6 is 0 Å². The summed E-state index contributed by atoms with van der Waals surface area (Å²) in [6, 6.07) is 0.471. The second-order valence-corrected chi connectivity index (χ2v) is 5.16. The average molecular weight is 264 g/mol. The minimum Gasteiger partial charge on any atom is -0.476 e. The summed E-state index contributed by atoms with van der Waals surface area (Å²) in [5, 5.41) is 0. The molecule has 2 heterocycles. The zero-order chi connectivity index (χ0) is 13.7. The first-order chi connectivity index (χ1) is 9.24. The van der Waals surface area contributed by atoms with Gasteiger partial charge in [-0.15, -0.1) is 0 Å². The molecule has 5 nitrogen and oxygen atoms in total. The lowest BCUT2D eigenvalue weighted by Gasteiger charge is -2.29. The zero-order valence-corrected chi connectivity index (χ0v) is 11.9. The molecule has 1 aromatic rings. The quantitative estimate of drug-likeness (QED) is 0.905. The molecule has 0 bridgehead atoms. The monoisotopic (exact) mass is 264 g/mol. The fraction of sp³-hybridized carbons (Fsp3) is 0.714. The van der Waals surface area contributed by atoms with Gasteiger partial charge >= 0.3 is 0 Å². The largest absolute Gasteiger partial charge is 0.476 e. The van der Waals surface area contributed by atoms with E-state index >= 15 is 0 Å². The molecule has 1 aromatic heterocycles. The summed E-state index contributed by atoms with van der Waals surface area (Å²) in [7, 11) is 0. The van der Waals surface area contributed by atoms with Crippen LogP contribution in [0.5, 0.6) is 5.88 Å². The topological polar surface area (TPSA) is 64.3 Å². The van der Waals surface area contributed by atoms with Crippen LogP contribution < -0.4 is 15.4 Å². The summed E-state index contributed by atoms with van der Waals surface area (Å²) in [6.07, 6.45) is 7.44. The summed E-state index contributed by atoms with van der Waals surface area (Å²) < 4.78 is 5.58. The van der Waals surface area contributed by atoms with Gasteiger partial charge in [-0.05, 0) is 26.2 Å². The molecule has 1 saturated heterocycles. The number of rotatable bonds is 4. The molecule has 5 heteroatoms. The van der Waals surface area contributed by atoms with E-state index in [2.05, 4.69) is 28.7 Å². The van der Waals surface area contributed by atoms with Gasteiger partial charge in [-0.25, -0.2) is 4.98 Å². The summed E-state index contributed by atoms with van der Waals surface area (Å²) in [5.74, 6) is 1.35. The maximum Gasteiger partial charge on any atom is 0.242 e. The first-order valence-electron chi connectivity index (χ1n) is 7.24. The average Bonchev–Trinajstić information content (AvgIpc) is 2.62. The van der Waals surface area contributed by atoms with Crippen LogP contribution in [0.15, 0.2) is 6.33 Å². The molecule has 19 heavy (non-hydrogen) atoms. The van der Waals surface area contributed by atoms with Crippen molar-refractivity contribution in [2.24, 2.45) is 0 Å². The number of nitrogen functional groups attached to an aromatic ring is 1. The molecule has 0 aliphatic carbocycles. The first kappa shape index (κ1) is 13.9. The van der Waals surface area contributed by atoms with Crippen molar-refractivity contribution in [3.05, 3.63) is 6.33 Å². The molecule has 1 aliphatic rings. The molecule has 1 atom stereocenters. The number of anilines is 2. The Morgan fingerprint density at radius 1 is 1.37 bits per heavy atom. The highest BCUT2D eigenvalue weighted by molar-refractivity contribution is 5.68. The van der Waals surface area contributed by atoms with Crippen LogP contribution in [0.25, 0.3) is 0 Å². The van der Waals surface area contributed by atoms with Crippen molar-refractivity contribution in [2.75, 3.05) is 23.8 Å². The highest BCUT2D eigenvalue weighted by atomic mass is 16.5. The number of nitrogens with zero attached hydrogens (tertiary/aromatic N) is 3. The lowest BCUT2D eigenvalue weighted by molar-refractivity contribution is 0.306. The standard InChI is InChI=1S/C14H24N4O/c1-3-9-19-14-12(15)13(16-10-17-14)18-8-6-4-5-7-11(18)2/h10-11H,3-9,15H2,1-2H3. The Kier molecular flexibility index (Phi) is 4.82. The van der Waals surface area contributed by atoms with E-state index in [1.807, 2.05) is 0 Å². The predicted octanol–water partition coefficient (Wildman–Crippen LogP) is 2.62. The van der Waals surface area contributed by atoms with Crippen LogP contribution in [0.4, 0.5) is 11.5 Å². The number of aromatic nitrogens is 2. The lowest BCUT2D eigenvalue weighted by atomic mass is 10.1. The molecule has 0 saturated carbocycles. The SMILES string of the molecule is CCCOc1ncnc(N2CCCCCC2C)c1N. The Hall–Kier alpha value is -1.52. The van der Waals surface area contributed by atoms with Gasteiger partial charge in [0.2, 0.25) is 5.88 Å². The maximum absolute atomic E-state index is 6.18. The van der Waals surface area contributed by atoms with E-state index in [1.54, 1.807) is 6.33 Å². The van der Waals surface area contributed by atoms with Crippen LogP contribution in [0.1, 0.15) is 46.0 Å². The Labute approximate surface area is 115 Å². The smallest absolute Gasteiger partial charge is 0.242 e. The van der Waals surface area contributed by atoms with Crippen molar-refractivity contribution in [2.45, 2.75) is 52.0 Å². The third-order valence-electron chi connectivity index (χ3n) is 3.59. The lowest BCUT2D eigenvalue weighted by Crippen LogP contribution is -2.34. The molecular formula is C14H24N4O. The molecular weight excluding hydrogens is 240 g/mol. The highest BCUT2D eigenvalue weighted by Gasteiger charge is 2.22. The molecule has 0 aromatic carbocycles. The van der Waals surface area contributed by atoms with Crippen LogP contribution in [-0.2, 0) is 0 Å². The van der Waals surface area contributed by atoms with Crippen molar-refractivity contribution < 1.29 is 4.74 Å². The van der Waals surface area contributed by atoms with Gasteiger partial charge in [0.1, 0.15) is 12.0 Å². The number of ether oxygens (including phenoxy) is 1. The second-order valence-electron chi connectivity index (χ2n) is 5.16. The normalized spacial score (nSPS) is 20.1. The Bertz CT molecular complexity index is 410. The molecule has 0 radical (unpaired) electrons. The van der Waals surface area contributed by atoms with E-state index in [0.29, 0.717) is 24.2 Å².